The van der Waals surface area contributed by atoms with E-state index in [1.165, 1.54) is 18.5 Å². The van der Waals surface area contributed by atoms with Gasteiger partial charge in [0.15, 0.2) is 0 Å². The van der Waals surface area contributed by atoms with E-state index in [2.05, 4.69) is 22.2 Å². The Balaban J connectivity index is 1.73. The number of hydrogen-bond acceptors (Lipinski definition) is 4. The number of rotatable bonds is 5. The summed E-state index contributed by atoms with van der Waals surface area (Å²) in [7, 11) is 0. The lowest BCUT2D eigenvalue weighted by Gasteiger charge is -2.15. The minimum Gasteiger partial charge on any atom is -0.274 e. The first-order chi connectivity index (χ1) is 15.5. The summed E-state index contributed by atoms with van der Waals surface area (Å²) in [6.07, 6.45) is 3.37. The van der Waals surface area contributed by atoms with E-state index in [0.29, 0.717) is 5.69 Å². The van der Waals surface area contributed by atoms with Gasteiger partial charge in [0, 0.05) is 19.4 Å². The van der Waals surface area contributed by atoms with Gasteiger partial charge in [0.25, 0.3) is 0 Å². The number of aromatic nitrogens is 2. The molecule has 0 spiro atoms. The fraction of sp³-hybridized carbons (Fsp3) is 0.0769. The summed E-state index contributed by atoms with van der Waals surface area (Å²) in [6.45, 7) is 2.66. The number of carbonyl (C=O) groups is 2. The van der Waals surface area contributed by atoms with Gasteiger partial charge < -0.3 is 0 Å². The van der Waals surface area contributed by atoms with Crippen LogP contribution in [0.2, 0.25) is 0 Å². The van der Waals surface area contributed by atoms with Crippen LogP contribution in [0.1, 0.15) is 19.4 Å². The van der Waals surface area contributed by atoms with Crippen LogP contribution in [0.3, 0.4) is 0 Å². The Labute approximate surface area is 186 Å². The molecule has 4 rings (SSSR count). The highest BCUT2D eigenvalue weighted by atomic mass is 16.2. The molecule has 0 saturated carbocycles. The second-order valence-corrected chi connectivity index (χ2v) is 7.24. The normalized spacial score (nSPS) is 10.9. The minimum absolute atomic E-state index is 0.152. The maximum atomic E-state index is 12.2. The van der Waals surface area contributed by atoms with Gasteiger partial charge >= 0.3 is 0 Å². The first-order valence-electron chi connectivity index (χ1n) is 10.2. The molecular formula is C26H22N4O2. The van der Waals surface area contributed by atoms with E-state index >= 15 is 0 Å². The molecule has 3 aromatic carbocycles. The van der Waals surface area contributed by atoms with Gasteiger partial charge in [-0.25, -0.2) is 14.6 Å². The smallest absolute Gasteiger partial charge is 0.241 e. The predicted octanol–water partition coefficient (Wildman–Crippen LogP) is 5.00. The van der Waals surface area contributed by atoms with E-state index in [0.717, 1.165) is 27.2 Å². The molecule has 1 heterocycles. The van der Waals surface area contributed by atoms with Gasteiger partial charge in [0.2, 0.25) is 17.8 Å². The molecule has 0 aliphatic carbocycles. The van der Waals surface area contributed by atoms with Gasteiger partial charge in [0.05, 0.1) is 18.1 Å². The molecule has 0 aliphatic heterocycles. The van der Waals surface area contributed by atoms with Gasteiger partial charge in [-0.2, -0.15) is 5.10 Å². The highest BCUT2D eigenvalue weighted by molar-refractivity contribution is 6.12. The van der Waals surface area contributed by atoms with E-state index < -0.39 is 11.8 Å². The van der Waals surface area contributed by atoms with E-state index in [-0.39, 0.29) is 5.95 Å². The Hall–Kier alpha value is -4.32. The SMILES string of the molecule is CC(=O)N(C(C)=O)c1nc(-c2ccc(-c3ccccc3)cc2)cn1N=Cc1ccccc1. The second kappa shape index (κ2) is 9.22. The van der Waals surface area contributed by atoms with Crippen LogP contribution in [-0.2, 0) is 9.59 Å². The van der Waals surface area contributed by atoms with Crippen molar-refractivity contribution in [3.05, 3.63) is 96.7 Å². The number of carbonyl (C=O) groups excluding carboxylic acids is 2. The number of hydrogen-bond donors (Lipinski definition) is 0. The maximum Gasteiger partial charge on any atom is 0.241 e. The van der Waals surface area contributed by atoms with Crippen molar-refractivity contribution in [2.45, 2.75) is 13.8 Å². The molecule has 0 saturated heterocycles. The first kappa shape index (κ1) is 20.9. The molecule has 2 amide bonds. The lowest BCUT2D eigenvalue weighted by Crippen LogP contribution is -2.35. The zero-order chi connectivity index (χ0) is 22.5. The number of amides is 2. The van der Waals surface area contributed by atoms with E-state index in [1.807, 2.05) is 72.8 Å². The molecule has 0 atom stereocenters. The topological polar surface area (TPSA) is 67.6 Å². The molecule has 1 aromatic heterocycles. The summed E-state index contributed by atoms with van der Waals surface area (Å²) in [5.74, 6) is -0.699. The number of benzene rings is 3. The number of imidazole rings is 1. The van der Waals surface area contributed by atoms with Crippen molar-refractivity contribution >= 4 is 24.0 Å². The molecule has 158 valence electrons. The third kappa shape index (κ3) is 4.54. The number of imide groups is 1. The van der Waals surface area contributed by atoms with Crippen molar-refractivity contribution in [1.29, 1.82) is 0 Å². The molecule has 0 aliphatic rings. The lowest BCUT2D eigenvalue weighted by atomic mass is 10.0. The van der Waals surface area contributed by atoms with Crippen molar-refractivity contribution in [2.24, 2.45) is 5.10 Å². The average Bonchev–Trinajstić information content (AvgIpc) is 3.22. The Kier molecular flexibility index (Phi) is 6.03. The van der Waals surface area contributed by atoms with Gasteiger partial charge in [0.1, 0.15) is 0 Å². The largest absolute Gasteiger partial charge is 0.274 e. The number of anilines is 1. The van der Waals surface area contributed by atoms with Crippen LogP contribution in [0.25, 0.3) is 22.4 Å². The zero-order valence-electron chi connectivity index (χ0n) is 17.8. The summed E-state index contributed by atoms with van der Waals surface area (Å²) in [5.41, 5.74) is 4.56. The molecule has 6 heteroatoms. The summed E-state index contributed by atoms with van der Waals surface area (Å²) < 4.78 is 1.45. The predicted molar refractivity (Wildman–Crippen MR) is 126 cm³/mol. The molecular weight excluding hydrogens is 400 g/mol. The first-order valence-corrected chi connectivity index (χ1v) is 10.2. The third-order valence-electron chi connectivity index (χ3n) is 4.92. The van der Waals surface area contributed by atoms with Crippen LogP contribution in [0, 0.1) is 0 Å². The Morgan fingerprint density at radius 3 is 1.91 bits per heavy atom. The van der Waals surface area contributed by atoms with Crippen molar-refractivity contribution in [1.82, 2.24) is 9.66 Å². The highest BCUT2D eigenvalue weighted by Gasteiger charge is 2.23. The lowest BCUT2D eigenvalue weighted by molar-refractivity contribution is -0.124. The molecule has 0 N–H and O–H groups in total. The van der Waals surface area contributed by atoms with Crippen molar-refractivity contribution in [3.8, 4) is 22.4 Å². The Morgan fingerprint density at radius 1 is 0.781 bits per heavy atom. The Morgan fingerprint density at radius 2 is 1.31 bits per heavy atom. The molecule has 4 aromatic rings. The van der Waals surface area contributed by atoms with Gasteiger partial charge in [-0.3, -0.25) is 9.59 Å². The Bertz CT molecular complexity index is 1250. The molecule has 0 unspecified atom stereocenters. The maximum absolute atomic E-state index is 12.2. The van der Waals surface area contributed by atoms with E-state index in [9.17, 15) is 9.59 Å². The van der Waals surface area contributed by atoms with Crippen molar-refractivity contribution < 1.29 is 9.59 Å². The van der Waals surface area contributed by atoms with E-state index in [4.69, 9.17) is 0 Å². The van der Waals surface area contributed by atoms with Crippen LogP contribution in [-0.4, -0.2) is 27.7 Å². The van der Waals surface area contributed by atoms with Gasteiger partial charge in [-0.15, -0.1) is 0 Å². The molecule has 0 bridgehead atoms. The minimum atomic E-state index is -0.426. The van der Waals surface area contributed by atoms with Crippen LogP contribution < -0.4 is 4.90 Å². The molecule has 0 radical (unpaired) electrons. The van der Waals surface area contributed by atoms with Crippen molar-refractivity contribution in [3.63, 3.8) is 0 Å². The van der Waals surface area contributed by atoms with Gasteiger partial charge in [-0.05, 0) is 16.7 Å². The summed E-state index contributed by atoms with van der Waals surface area (Å²) >= 11 is 0. The average molecular weight is 422 g/mol. The molecule has 6 nitrogen and oxygen atoms in total. The highest BCUT2D eigenvalue weighted by Crippen LogP contribution is 2.27. The summed E-state index contributed by atoms with van der Waals surface area (Å²) in [5, 5.41) is 4.46. The molecule has 32 heavy (non-hydrogen) atoms. The standard InChI is InChI=1S/C26H22N4O2/c1-19(31)30(20(2)32)26-28-25(18-29(26)27-17-21-9-5-3-6-10-21)24-15-13-23(14-16-24)22-11-7-4-8-12-22/h3-18H,1-2H3. The third-order valence-corrected chi connectivity index (χ3v) is 4.92. The fourth-order valence-corrected chi connectivity index (χ4v) is 3.37. The zero-order valence-corrected chi connectivity index (χ0v) is 17.8. The summed E-state index contributed by atoms with van der Waals surface area (Å²) in [4.78, 5) is 29.9. The van der Waals surface area contributed by atoms with Crippen molar-refractivity contribution in [2.75, 3.05) is 4.90 Å². The van der Waals surface area contributed by atoms with Crippen LogP contribution in [0.15, 0.2) is 96.2 Å². The van der Waals surface area contributed by atoms with Gasteiger partial charge in [-0.1, -0.05) is 84.9 Å². The van der Waals surface area contributed by atoms with Crippen LogP contribution in [0.5, 0.6) is 0 Å². The van der Waals surface area contributed by atoms with E-state index in [1.54, 1.807) is 12.4 Å². The fourth-order valence-electron chi connectivity index (χ4n) is 3.37. The van der Waals surface area contributed by atoms with Crippen LogP contribution >= 0.6 is 0 Å². The number of nitrogens with zero attached hydrogens (tertiary/aromatic N) is 4. The van der Waals surface area contributed by atoms with Crippen LogP contribution in [0.4, 0.5) is 5.95 Å². The molecule has 0 fully saturated rings. The second-order valence-electron chi connectivity index (χ2n) is 7.24. The summed E-state index contributed by atoms with van der Waals surface area (Å²) in [6, 6.07) is 27.6. The monoisotopic (exact) mass is 422 g/mol. The quantitative estimate of drug-likeness (QED) is 0.425.